The second-order valence-corrected chi connectivity index (χ2v) is 11.4. The number of rotatable bonds is 7. The lowest BCUT2D eigenvalue weighted by Gasteiger charge is -2.33. The summed E-state index contributed by atoms with van der Waals surface area (Å²) in [5, 5.41) is 9.42. The van der Waals surface area contributed by atoms with Crippen LogP contribution in [0.15, 0.2) is 59.5 Å². The van der Waals surface area contributed by atoms with Crippen molar-refractivity contribution in [2.45, 2.75) is 50.5 Å². The van der Waals surface area contributed by atoms with Crippen LogP contribution in [0.25, 0.3) is 0 Å². The molecule has 0 saturated carbocycles. The summed E-state index contributed by atoms with van der Waals surface area (Å²) < 4.78 is 27.7. The molecule has 1 saturated heterocycles. The summed E-state index contributed by atoms with van der Waals surface area (Å²) in [7, 11) is -3.58. The van der Waals surface area contributed by atoms with Crippen molar-refractivity contribution in [3.8, 4) is 0 Å². The molecule has 1 aliphatic heterocycles. The average molecular weight is 459 g/mol. The van der Waals surface area contributed by atoms with Gasteiger partial charge in [0.25, 0.3) is 0 Å². The van der Waals surface area contributed by atoms with E-state index in [-0.39, 0.29) is 30.4 Å². The van der Waals surface area contributed by atoms with Gasteiger partial charge in [-0.2, -0.15) is 4.31 Å². The van der Waals surface area contributed by atoms with Gasteiger partial charge in [-0.3, -0.25) is 4.79 Å². The quantitative estimate of drug-likeness (QED) is 0.690. The molecular weight excluding hydrogens is 424 g/mol. The summed E-state index contributed by atoms with van der Waals surface area (Å²) in [6.07, 6.45) is 0.962. The largest absolute Gasteiger partial charge is 0.395 e. The van der Waals surface area contributed by atoms with Gasteiger partial charge in [0.2, 0.25) is 15.9 Å². The number of aliphatic hydroxyl groups is 1. The van der Waals surface area contributed by atoms with Crippen LogP contribution in [0.5, 0.6) is 0 Å². The van der Waals surface area contributed by atoms with Gasteiger partial charge in [0.15, 0.2) is 0 Å². The second-order valence-electron chi connectivity index (χ2n) is 9.42. The fraction of sp³-hybridized carbons (Fsp3) is 0.480. The van der Waals surface area contributed by atoms with Crippen molar-refractivity contribution < 1.29 is 18.3 Å². The average Bonchev–Trinajstić information content (AvgIpc) is 2.78. The fourth-order valence-electron chi connectivity index (χ4n) is 4.07. The predicted molar refractivity (Wildman–Crippen MR) is 126 cm³/mol. The molecule has 2 aromatic rings. The minimum absolute atomic E-state index is 0.0190. The van der Waals surface area contributed by atoms with Gasteiger partial charge in [-0.05, 0) is 41.5 Å². The first-order chi connectivity index (χ1) is 15.1. The van der Waals surface area contributed by atoms with Crippen molar-refractivity contribution >= 4 is 15.9 Å². The van der Waals surface area contributed by atoms with E-state index >= 15 is 0 Å². The molecular formula is C25H34N2O4S. The highest BCUT2D eigenvalue weighted by molar-refractivity contribution is 7.89. The van der Waals surface area contributed by atoms with Crippen LogP contribution in [-0.4, -0.2) is 54.9 Å². The van der Waals surface area contributed by atoms with Crippen LogP contribution in [0.4, 0.5) is 0 Å². The Balaban J connectivity index is 1.64. The monoisotopic (exact) mass is 458 g/mol. The maximum absolute atomic E-state index is 13.1. The third-order valence-corrected chi connectivity index (χ3v) is 7.97. The minimum atomic E-state index is -3.58. The van der Waals surface area contributed by atoms with Crippen LogP contribution < -0.4 is 0 Å². The first-order valence-corrected chi connectivity index (χ1v) is 12.6. The first-order valence-electron chi connectivity index (χ1n) is 11.2. The van der Waals surface area contributed by atoms with E-state index in [0.717, 1.165) is 11.1 Å². The van der Waals surface area contributed by atoms with Gasteiger partial charge in [-0.1, -0.05) is 63.2 Å². The molecule has 7 heteroatoms. The van der Waals surface area contributed by atoms with E-state index in [1.165, 1.54) is 4.31 Å². The smallest absolute Gasteiger partial charge is 0.243 e. The molecule has 1 fully saturated rings. The molecule has 0 aliphatic carbocycles. The Morgan fingerprint density at radius 3 is 2.16 bits per heavy atom. The Labute approximate surface area is 191 Å². The minimum Gasteiger partial charge on any atom is -0.395 e. The molecule has 1 N–H and O–H groups in total. The molecule has 1 aliphatic rings. The molecule has 6 nitrogen and oxygen atoms in total. The third-order valence-electron chi connectivity index (χ3n) is 6.06. The Bertz CT molecular complexity index is 990. The SMILES string of the molecule is CC(C)(C)c1ccc(S(=O)(=O)N2CCC(C(=O)N(CCO)Cc3ccccc3)CC2)cc1. The van der Waals surface area contributed by atoms with Gasteiger partial charge in [0, 0.05) is 32.1 Å². The molecule has 0 spiro atoms. The lowest BCUT2D eigenvalue weighted by molar-refractivity contribution is -0.137. The number of carbonyl (C=O) groups excluding carboxylic acids is 1. The standard InChI is InChI=1S/C25H34N2O4S/c1-25(2,3)22-9-11-23(12-10-22)32(30,31)27-15-13-21(14-16-27)24(29)26(17-18-28)19-20-7-5-4-6-8-20/h4-12,21,28H,13-19H2,1-3H3. The number of amides is 1. The Hall–Kier alpha value is -2.22. The summed E-state index contributed by atoms with van der Waals surface area (Å²) in [5.74, 6) is -0.255. The topological polar surface area (TPSA) is 77.9 Å². The van der Waals surface area contributed by atoms with Crippen molar-refractivity contribution in [2.75, 3.05) is 26.2 Å². The summed E-state index contributed by atoms with van der Waals surface area (Å²) in [4.78, 5) is 15.1. The highest BCUT2D eigenvalue weighted by Crippen LogP contribution is 2.28. The molecule has 3 rings (SSSR count). The molecule has 32 heavy (non-hydrogen) atoms. The van der Waals surface area contributed by atoms with Crippen LogP contribution in [0.1, 0.15) is 44.7 Å². The van der Waals surface area contributed by atoms with E-state index in [1.54, 1.807) is 17.0 Å². The molecule has 2 aromatic carbocycles. The lowest BCUT2D eigenvalue weighted by atomic mass is 9.87. The zero-order valence-corrected chi connectivity index (χ0v) is 20.0. The van der Waals surface area contributed by atoms with Crippen molar-refractivity contribution in [3.63, 3.8) is 0 Å². The lowest BCUT2D eigenvalue weighted by Crippen LogP contribution is -2.44. The van der Waals surface area contributed by atoms with Gasteiger partial charge in [-0.25, -0.2) is 8.42 Å². The third kappa shape index (κ3) is 5.77. The number of hydrogen-bond donors (Lipinski definition) is 1. The molecule has 0 atom stereocenters. The summed E-state index contributed by atoms with van der Waals surface area (Å²) in [6.45, 7) is 7.53. The molecule has 0 bridgehead atoms. The number of hydrogen-bond acceptors (Lipinski definition) is 4. The number of benzene rings is 2. The van der Waals surface area contributed by atoms with Gasteiger partial charge in [0.1, 0.15) is 0 Å². The number of aliphatic hydroxyl groups excluding tert-OH is 1. The number of piperidine rings is 1. The molecule has 1 amide bonds. The van der Waals surface area contributed by atoms with E-state index in [9.17, 15) is 18.3 Å². The van der Waals surface area contributed by atoms with Gasteiger partial charge in [0.05, 0.1) is 11.5 Å². The van der Waals surface area contributed by atoms with Gasteiger partial charge in [-0.15, -0.1) is 0 Å². The molecule has 0 radical (unpaired) electrons. The van der Waals surface area contributed by atoms with Crippen LogP contribution >= 0.6 is 0 Å². The van der Waals surface area contributed by atoms with Crippen LogP contribution in [0.2, 0.25) is 0 Å². The van der Waals surface area contributed by atoms with Crippen LogP contribution in [0, 0.1) is 5.92 Å². The summed E-state index contributed by atoms with van der Waals surface area (Å²) >= 11 is 0. The van der Waals surface area contributed by atoms with Crippen molar-refractivity contribution in [1.82, 2.24) is 9.21 Å². The highest BCUT2D eigenvalue weighted by Gasteiger charge is 2.34. The predicted octanol–water partition coefficient (Wildman–Crippen LogP) is 3.41. The van der Waals surface area contributed by atoms with Crippen LogP contribution in [0.3, 0.4) is 0 Å². The van der Waals surface area contributed by atoms with E-state index in [1.807, 2.05) is 42.5 Å². The van der Waals surface area contributed by atoms with Gasteiger partial charge < -0.3 is 10.0 Å². The summed E-state index contributed by atoms with van der Waals surface area (Å²) in [5.41, 5.74) is 2.05. The Morgan fingerprint density at radius 2 is 1.62 bits per heavy atom. The van der Waals surface area contributed by atoms with Crippen molar-refractivity contribution in [2.24, 2.45) is 5.92 Å². The van der Waals surface area contributed by atoms with E-state index < -0.39 is 10.0 Å². The Kier molecular flexibility index (Phi) is 7.75. The van der Waals surface area contributed by atoms with E-state index in [0.29, 0.717) is 37.4 Å². The van der Waals surface area contributed by atoms with Crippen LogP contribution in [-0.2, 0) is 26.8 Å². The first kappa shape index (κ1) is 24.4. The van der Waals surface area contributed by atoms with Crippen molar-refractivity contribution in [3.05, 3.63) is 65.7 Å². The number of nitrogens with zero attached hydrogens (tertiary/aromatic N) is 2. The van der Waals surface area contributed by atoms with E-state index in [2.05, 4.69) is 20.8 Å². The zero-order valence-electron chi connectivity index (χ0n) is 19.2. The maximum Gasteiger partial charge on any atom is 0.243 e. The zero-order chi connectivity index (χ0) is 23.4. The number of sulfonamides is 1. The molecule has 1 heterocycles. The molecule has 0 aromatic heterocycles. The molecule has 0 unspecified atom stereocenters. The Morgan fingerprint density at radius 1 is 1.03 bits per heavy atom. The van der Waals surface area contributed by atoms with Gasteiger partial charge >= 0.3 is 0 Å². The highest BCUT2D eigenvalue weighted by atomic mass is 32.2. The molecule has 174 valence electrons. The van der Waals surface area contributed by atoms with E-state index in [4.69, 9.17) is 0 Å². The fourth-order valence-corrected chi connectivity index (χ4v) is 5.54. The summed E-state index contributed by atoms with van der Waals surface area (Å²) in [6, 6.07) is 16.8. The normalized spacial score (nSPS) is 16.1. The number of carbonyl (C=O) groups is 1. The van der Waals surface area contributed by atoms with Crippen molar-refractivity contribution in [1.29, 1.82) is 0 Å². The second kappa shape index (κ2) is 10.1. The maximum atomic E-state index is 13.1.